The maximum absolute atomic E-state index is 6.45. The maximum atomic E-state index is 6.45. The number of hydrogen-bond donors (Lipinski definition) is 1. The first kappa shape index (κ1) is 16.1. The van der Waals surface area contributed by atoms with E-state index in [0.717, 1.165) is 35.9 Å². The van der Waals surface area contributed by atoms with Gasteiger partial charge in [-0.15, -0.1) is 0 Å². The van der Waals surface area contributed by atoms with Gasteiger partial charge in [-0.2, -0.15) is 5.10 Å². The van der Waals surface area contributed by atoms with E-state index in [9.17, 15) is 0 Å². The highest BCUT2D eigenvalue weighted by Crippen LogP contribution is 2.27. The number of aromatic nitrogens is 2. The van der Waals surface area contributed by atoms with Gasteiger partial charge in [-0.25, -0.2) is 0 Å². The molecule has 0 saturated carbocycles. The van der Waals surface area contributed by atoms with E-state index in [2.05, 4.69) is 48.5 Å². The minimum absolute atomic E-state index is 0.397. The molecule has 0 bridgehead atoms. The molecule has 0 amide bonds. The summed E-state index contributed by atoms with van der Waals surface area (Å²) >= 11 is 6.45. The van der Waals surface area contributed by atoms with E-state index in [-0.39, 0.29) is 0 Å². The Kier molecular flexibility index (Phi) is 5.43. The zero-order valence-corrected chi connectivity index (χ0v) is 14.0. The number of hydrogen-bond acceptors (Lipinski definition) is 2. The van der Waals surface area contributed by atoms with Crippen molar-refractivity contribution in [3.05, 3.63) is 51.8 Å². The van der Waals surface area contributed by atoms with Gasteiger partial charge < -0.3 is 5.32 Å². The van der Waals surface area contributed by atoms with Gasteiger partial charge in [0.15, 0.2) is 0 Å². The van der Waals surface area contributed by atoms with Crippen LogP contribution in [0, 0.1) is 13.8 Å². The Morgan fingerprint density at radius 1 is 1.33 bits per heavy atom. The number of nitrogens with zero attached hydrogens (tertiary/aromatic N) is 2. The van der Waals surface area contributed by atoms with Crippen molar-refractivity contribution >= 4 is 11.6 Å². The fraction of sp³-hybridized carbons (Fsp3) is 0.471. The number of aryl methyl sites for hydroxylation is 3. The minimum Gasteiger partial charge on any atom is -0.319 e. The lowest BCUT2D eigenvalue weighted by atomic mass is 9.93. The van der Waals surface area contributed by atoms with Crippen molar-refractivity contribution in [2.75, 3.05) is 13.6 Å². The Hall–Kier alpha value is -1.32. The molecule has 4 heteroatoms. The molecule has 2 aromatic rings. The fourth-order valence-electron chi connectivity index (χ4n) is 2.78. The summed E-state index contributed by atoms with van der Waals surface area (Å²) < 4.78 is 2.02. The number of halogens is 1. The molecular weight excluding hydrogens is 282 g/mol. The third kappa shape index (κ3) is 3.66. The predicted molar refractivity (Wildman–Crippen MR) is 89.2 cm³/mol. The molecule has 0 saturated heterocycles. The lowest BCUT2D eigenvalue weighted by Crippen LogP contribution is -2.20. The maximum Gasteiger partial charge on any atom is 0.0847 e. The molecular formula is C17H24ClN3. The monoisotopic (exact) mass is 305 g/mol. The molecule has 2 rings (SSSR count). The zero-order chi connectivity index (χ0) is 15.4. The van der Waals surface area contributed by atoms with Crippen LogP contribution in [-0.4, -0.2) is 23.4 Å². The second-order valence-electron chi connectivity index (χ2n) is 5.53. The smallest absolute Gasteiger partial charge is 0.0847 e. The van der Waals surface area contributed by atoms with Crippen molar-refractivity contribution in [1.29, 1.82) is 0 Å². The van der Waals surface area contributed by atoms with Crippen LogP contribution < -0.4 is 5.32 Å². The summed E-state index contributed by atoms with van der Waals surface area (Å²) in [5.41, 5.74) is 4.70. The summed E-state index contributed by atoms with van der Waals surface area (Å²) in [5.74, 6) is 0.397. The molecule has 0 fully saturated rings. The first-order valence-electron chi connectivity index (χ1n) is 7.49. The highest BCUT2D eigenvalue weighted by Gasteiger charge is 2.19. The Bertz CT molecular complexity index is 604. The van der Waals surface area contributed by atoms with Gasteiger partial charge in [0.25, 0.3) is 0 Å². The van der Waals surface area contributed by atoms with Crippen molar-refractivity contribution in [1.82, 2.24) is 15.1 Å². The summed E-state index contributed by atoms with van der Waals surface area (Å²) in [6, 6.07) is 8.71. The molecule has 0 radical (unpaired) electrons. The Labute approximate surface area is 132 Å². The zero-order valence-electron chi connectivity index (χ0n) is 13.3. The largest absolute Gasteiger partial charge is 0.319 e. The van der Waals surface area contributed by atoms with Gasteiger partial charge in [0.2, 0.25) is 0 Å². The van der Waals surface area contributed by atoms with E-state index in [1.807, 2.05) is 18.7 Å². The van der Waals surface area contributed by atoms with Crippen LogP contribution in [0.3, 0.4) is 0 Å². The van der Waals surface area contributed by atoms with Gasteiger partial charge in [0.1, 0.15) is 0 Å². The summed E-state index contributed by atoms with van der Waals surface area (Å²) in [5, 5.41) is 8.63. The summed E-state index contributed by atoms with van der Waals surface area (Å²) in [6.07, 6.45) is 0.901. The van der Waals surface area contributed by atoms with Crippen LogP contribution in [-0.2, 0) is 13.0 Å². The van der Waals surface area contributed by atoms with E-state index in [1.54, 1.807) is 0 Å². The van der Waals surface area contributed by atoms with Crippen LogP contribution in [0.15, 0.2) is 24.3 Å². The lowest BCUT2D eigenvalue weighted by Gasteiger charge is -2.18. The molecule has 1 aromatic heterocycles. The first-order valence-corrected chi connectivity index (χ1v) is 7.87. The van der Waals surface area contributed by atoms with Crippen molar-refractivity contribution in [2.45, 2.75) is 39.7 Å². The van der Waals surface area contributed by atoms with Crippen LogP contribution >= 0.6 is 11.6 Å². The quantitative estimate of drug-likeness (QED) is 0.881. The van der Waals surface area contributed by atoms with E-state index in [4.69, 9.17) is 11.6 Å². The molecule has 1 aromatic carbocycles. The number of likely N-dealkylation sites (N-methyl/N-ethyl adjacent to an activating group) is 1. The second kappa shape index (κ2) is 7.10. The van der Waals surface area contributed by atoms with Gasteiger partial charge in [-0.05, 0) is 39.8 Å². The van der Waals surface area contributed by atoms with Gasteiger partial charge >= 0.3 is 0 Å². The van der Waals surface area contributed by atoms with E-state index in [1.165, 1.54) is 11.1 Å². The summed E-state index contributed by atoms with van der Waals surface area (Å²) in [6.45, 7) is 7.98. The van der Waals surface area contributed by atoms with Gasteiger partial charge in [-0.1, -0.05) is 41.4 Å². The Morgan fingerprint density at radius 3 is 2.71 bits per heavy atom. The molecule has 1 atom stereocenters. The average Bonchev–Trinajstić information content (AvgIpc) is 2.74. The Morgan fingerprint density at radius 2 is 2.10 bits per heavy atom. The fourth-order valence-corrected chi connectivity index (χ4v) is 2.99. The third-order valence-corrected chi connectivity index (χ3v) is 4.35. The number of rotatable bonds is 6. The van der Waals surface area contributed by atoms with E-state index in [0.29, 0.717) is 5.92 Å². The molecule has 0 aliphatic heterocycles. The highest BCUT2D eigenvalue weighted by atomic mass is 35.5. The van der Waals surface area contributed by atoms with E-state index >= 15 is 0 Å². The third-order valence-electron chi connectivity index (χ3n) is 3.86. The molecule has 21 heavy (non-hydrogen) atoms. The standard InChI is InChI=1S/C17H24ClN3/c1-5-21-16(17(18)13(3)20-21)10-15(11-19-4)14-8-6-7-12(2)9-14/h6-9,15,19H,5,10-11H2,1-4H3. The molecule has 3 nitrogen and oxygen atoms in total. The number of nitrogens with one attached hydrogen (secondary N) is 1. The normalized spacial score (nSPS) is 12.6. The van der Waals surface area contributed by atoms with Crippen LogP contribution in [0.2, 0.25) is 5.02 Å². The molecule has 0 spiro atoms. The van der Waals surface area contributed by atoms with Crippen LogP contribution in [0.5, 0.6) is 0 Å². The predicted octanol–water partition coefficient (Wildman–Crippen LogP) is 3.72. The molecule has 0 aliphatic rings. The van der Waals surface area contributed by atoms with Crippen molar-refractivity contribution in [2.24, 2.45) is 0 Å². The molecule has 0 aliphatic carbocycles. The molecule has 1 unspecified atom stereocenters. The van der Waals surface area contributed by atoms with Crippen molar-refractivity contribution < 1.29 is 0 Å². The second-order valence-corrected chi connectivity index (χ2v) is 5.91. The van der Waals surface area contributed by atoms with Crippen molar-refractivity contribution in [3.8, 4) is 0 Å². The minimum atomic E-state index is 0.397. The van der Waals surface area contributed by atoms with Crippen LogP contribution in [0.25, 0.3) is 0 Å². The number of benzene rings is 1. The lowest BCUT2D eigenvalue weighted by molar-refractivity contribution is 0.563. The van der Waals surface area contributed by atoms with Crippen molar-refractivity contribution in [3.63, 3.8) is 0 Å². The average molecular weight is 306 g/mol. The van der Waals surface area contributed by atoms with Gasteiger partial charge in [0.05, 0.1) is 16.4 Å². The van der Waals surface area contributed by atoms with Gasteiger partial charge in [0, 0.05) is 19.0 Å². The Balaban J connectivity index is 2.32. The van der Waals surface area contributed by atoms with Crippen LogP contribution in [0.1, 0.15) is 35.4 Å². The summed E-state index contributed by atoms with van der Waals surface area (Å²) in [4.78, 5) is 0. The van der Waals surface area contributed by atoms with Crippen LogP contribution in [0.4, 0.5) is 0 Å². The highest BCUT2D eigenvalue weighted by molar-refractivity contribution is 6.31. The van der Waals surface area contributed by atoms with E-state index < -0.39 is 0 Å². The SMILES string of the molecule is CCn1nc(C)c(Cl)c1CC(CNC)c1cccc(C)c1. The van der Waals surface area contributed by atoms with Gasteiger partial charge in [-0.3, -0.25) is 4.68 Å². The topological polar surface area (TPSA) is 29.9 Å². The first-order chi connectivity index (χ1) is 10.1. The summed E-state index contributed by atoms with van der Waals surface area (Å²) in [7, 11) is 1.99. The molecule has 1 heterocycles. The molecule has 114 valence electrons. The molecule has 1 N–H and O–H groups in total.